The van der Waals surface area contributed by atoms with Crippen molar-refractivity contribution in [3.05, 3.63) is 83.1 Å². The molecule has 4 nitrogen and oxygen atoms in total. The quantitative estimate of drug-likeness (QED) is 0.345. The van der Waals surface area contributed by atoms with Gasteiger partial charge in [0.25, 0.3) is 0 Å². The summed E-state index contributed by atoms with van der Waals surface area (Å²) in [5, 5.41) is 0.859. The molecule has 29 heavy (non-hydrogen) atoms. The van der Waals surface area contributed by atoms with Gasteiger partial charge in [-0.1, -0.05) is 52.0 Å². The lowest BCUT2D eigenvalue weighted by molar-refractivity contribution is 0.687. The molecule has 0 spiro atoms. The standard InChI is InChI=1S/C22H18BrN3OS2/c1-29(27)19-8-2-15(3-9-19)14-28-22-25-20(16-4-6-18(23)7-5-16)21(26-22)17-10-12-24-13-11-17/h2-13H,14H2,1H3,(H,25,26). The maximum atomic E-state index is 11.6. The molecule has 0 amide bonds. The summed E-state index contributed by atoms with van der Waals surface area (Å²) in [6.45, 7) is 0. The molecular weight excluding hydrogens is 466 g/mol. The lowest BCUT2D eigenvalue weighted by atomic mass is 10.1. The molecule has 7 heteroatoms. The number of thioether (sulfide) groups is 1. The molecule has 4 aromatic rings. The van der Waals surface area contributed by atoms with Gasteiger partial charge in [0, 0.05) is 55.7 Å². The van der Waals surface area contributed by atoms with E-state index in [0.29, 0.717) is 0 Å². The Morgan fingerprint density at radius 2 is 1.66 bits per heavy atom. The first kappa shape index (κ1) is 20.1. The van der Waals surface area contributed by atoms with Crippen molar-refractivity contribution in [2.75, 3.05) is 6.26 Å². The van der Waals surface area contributed by atoms with Crippen LogP contribution in [0.3, 0.4) is 0 Å². The zero-order chi connectivity index (χ0) is 20.2. The van der Waals surface area contributed by atoms with Crippen LogP contribution in [-0.4, -0.2) is 25.4 Å². The Balaban J connectivity index is 1.62. The Kier molecular flexibility index (Phi) is 6.28. The number of hydrogen-bond donors (Lipinski definition) is 1. The molecule has 0 radical (unpaired) electrons. The summed E-state index contributed by atoms with van der Waals surface area (Å²) < 4.78 is 12.6. The third-order valence-electron chi connectivity index (χ3n) is 4.40. The van der Waals surface area contributed by atoms with E-state index in [1.54, 1.807) is 30.4 Å². The Morgan fingerprint density at radius 3 is 2.31 bits per heavy atom. The number of benzene rings is 2. The minimum Gasteiger partial charge on any atom is -0.332 e. The molecule has 0 aliphatic rings. The number of H-pyrrole nitrogens is 1. The largest absolute Gasteiger partial charge is 0.332 e. The van der Waals surface area contributed by atoms with Crippen LogP contribution in [0, 0.1) is 0 Å². The number of rotatable bonds is 6. The lowest BCUT2D eigenvalue weighted by Crippen LogP contribution is -1.88. The first-order valence-electron chi connectivity index (χ1n) is 8.91. The van der Waals surface area contributed by atoms with Gasteiger partial charge in [-0.3, -0.25) is 9.19 Å². The minimum atomic E-state index is -0.955. The summed E-state index contributed by atoms with van der Waals surface area (Å²) in [5.74, 6) is 0.777. The second-order valence-electron chi connectivity index (χ2n) is 6.40. The van der Waals surface area contributed by atoms with Crippen molar-refractivity contribution >= 4 is 38.5 Å². The van der Waals surface area contributed by atoms with Crippen molar-refractivity contribution in [3.8, 4) is 22.5 Å². The zero-order valence-electron chi connectivity index (χ0n) is 15.6. The predicted octanol–water partition coefficient (Wildman–Crippen LogP) is 5.93. The second kappa shape index (κ2) is 9.07. The number of nitrogens with one attached hydrogen (secondary N) is 1. The highest BCUT2D eigenvalue weighted by molar-refractivity contribution is 9.10. The molecule has 1 atom stereocenters. The molecule has 1 unspecified atom stereocenters. The van der Waals surface area contributed by atoms with Crippen LogP contribution in [0.2, 0.25) is 0 Å². The van der Waals surface area contributed by atoms with E-state index >= 15 is 0 Å². The van der Waals surface area contributed by atoms with Gasteiger partial charge in [0.05, 0.1) is 11.4 Å². The lowest BCUT2D eigenvalue weighted by Gasteiger charge is -2.03. The average Bonchev–Trinajstić information content (AvgIpc) is 3.18. The fourth-order valence-electron chi connectivity index (χ4n) is 2.89. The topological polar surface area (TPSA) is 58.6 Å². The number of pyridine rings is 1. The van der Waals surface area contributed by atoms with Crippen LogP contribution in [-0.2, 0) is 16.6 Å². The molecule has 0 fully saturated rings. The Morgan fingerprint density at radius 1 is 0.966 bits per heavy atom. The predicted molar refractivity (Wildman–Crippen MR) is 123 cm³/mol. The second-order valence-corrected chi connectivity index (χ2v) is 9.65. The maximum absolute atomic E-state index is 11.6. The van der Waals surface area contributed by atoms with Gasteiger partial charge in [0.15, 0.2) is 5.16 Å². The monoisotopic (exact) mass is 483 g/mol. The molecule has 0 saturated heterocycles. The van der Waals surface area contributed by atoms with Crippen LogP contribution in [0.5, 0.6) is 0 Å². The summed E-state index contributed by atoms with van der Waals surface area (Å²) in [6, 6.07) is 20.0. The van der Waals surface area contributed by atoms with E-state index in [1.165, 1.54) is 0 Å². The van der Waals surface area contributed by atoms with E-state index in [1.807, 2.05) is 48.5 Å². The van der Waals surface area contributed by atoms with Gasteiger partial charge in [-0.2, -0.15) is 0 Å². The average molecular weight is 484 g/mol. The van der Waals surface area contributed by atoms with Crippen molar-refractivity contribution in [3.63, 3.8) is 0 Å². The smallest absolute Gasteiger partial charge is 0.166 e. The van der Waals surface area contributed by atoms with E-state index in [0.717, 1.165) is 48.4 Å². The molecule has 2 aromatic carbocycles. The van der Waals surface area contributed by atoms with E-state index in [4.69, 9.17) is 4.98 Å². The summed E-state index contributed by atoms with van der Waals surface area (Å²) in [5.41, 5.74) is 5.16. The number of aromatic amines is 1. The van der Waals surface area contributed by atoms with Crippen LogP contribution in [0.4, 0.5) is 0 Å². The van der Waals surface area contributed by atoms with Gasteiger partial charge in [-0.05, 0) is 42.0 Å². The first-order valence-corrected chi connectivity index (χ1v) is 12.3. The Labute approximate surface area is 184 Å². The summed E-state index contributed by atoms with van der Waals surface area (Å²) in [7, 11) is -0.955. The van der Waals surface area contributed by atoms with Gasteiger partial charge in [-0.25, -0.2) is 4.98 Å². The zero-order valence-corrected chi connectivity index (χ0v) is 18.9. The molecule has 1 N–H and O–H groups in total. The molecule has 146 valence electrons. The van der Waals surface area contributed by atoms with Crippen LogP contribution in [0.25, 0.3) is 22.5 Å². The Hall–Kier alpha value is -2.22. The van der Waals surface area contributed by atoms with Crippen molar-refractivity contribution in [2.24, 2.45) is 0 Å². The summed E-state index contributed by atoms with van der Waals surface area (Å²) in [6.07, 6.45) is 5.26. The van der Waals surface area contributed by atoms with Gasteiger partial charge in [0.2, 0.25) is 0 Å². The molecule has 2 heterocycles. The molecule has 0 aliphatic carbocycles. The number of imidazole rings is 1. The summed E-state index contributed by atoms with van der Waals surface area (Å²) in [4.78, 5) is 13.3. The van der Waals surface area contributed by atoms with Crippen LogP contribution >= 0.6 is 27.7 Å². The first-order chi connectivity index (χ1) is 14.1. The maximum Gasteiger partial charge on any atom is 0.166 e. The highest BCUT2D eigenvalue weighted by Gasteiger charge is 2.14. The van der Waals surface area contributed by atoms with Crippen LogP contribution < -0.4 is 0 Å². The van der Waals surface area contributed by atoms with Gasteiger partial charge < -0.3 is 4.98 Å². The van der Waals surface area contributed by atoms with Crippen molar-refractivity contribution in [1.82, 2.24) is 15.0 Å². The fourth-order valence-corrected chi connectivity index (χ4v) is 4.50. The van der Waals surface area contributed by atoms with Gasteiger partial charge >= 0.3 is 0 Å². The SMILES string of the molecule is CS(=O)c1ccc(CSc2nc(-c3ccc(Br)cc3)c(-c3ccncc3)[nH]2)cc1. The van der Waals surface area contributed by atoms with Crippen molar-refractivity contribution in [2.45, 2.75) is 15.8 Å². The van der Waals surface area contributed by atoms with Crippen molar-refractivity contribution < 1.29 is 4.21 Å². The normalized spacial score (nSPS) is 12.1. The third kappa shape index (κ3) is 4.86. The highest BCUT2D eigenvalue weighted by atomic mass is 79.9. The molecule has 0 aliphatic heterocycles. The van der Waals surface area contributed by atoms with Crippen LogP contribution in [0.1, 0.15) is 5.56 Å². The van der Waals surface area contributed by atoms with E-state index in [-0.39, 0.29) is 0 Å². The Bertz CT molecular complexity index is 1130. The third-order valence-corrected chi connectivity index (χ3v) is 6.81. The van der Waals surface area contributed by atoms with Crippen molar-refractivity contribution in [1.29, 1.82) is 0 Å². The minimum absolute atomic E-state index is 0.777. The van der Waals surface area contributed by atoms with Gasteiger partial charge in [-0.15, -0.1) is 0 Å². The van der Waals surface area contributed by atoms with E-state index in [2.05, 4.69) is 38.0 Å². The number of nitrogens with zero attached hydrogens (tertiary/aromatic N) is 2. The number of halogens is 1. The van der Waals surface area contributed by atoms with E-state index in [9.17, 15) is 4.21 Å². The molecular formula is C22H18BrN3OS2. The fraction of sp³-hybridized carbons (Fsp3) is 0.0909. The van der Waals surface area contributed by atoms with E-state index < -0.39 is 10.8 Å². The number of aromatic nitrogens is 3. The molecule has 0 saturated carbocycles. The van der Waals surface area contributed by atoms with Gasteiger partial charge in [0.1, 0.15) is 0 Å². The summed E-state index contributed by atoms with van der Waals surface area (Å²) >= 11 is 5.14. The molecule has 4 rings (SSSR count). The molecule has 2 aromatic heterocycles. The highest BCUT2D eigenvalue weighted by Crippen LogP contribution is 2.34. The molecule has 0 bridgehead atoms. The number of hydrogen-bond acceptors (Lipinski definition) is 4. The van der Waals surface area contributed by atoms with Crippen LogP contribution in [0.15, 0.2) is 87.6 Å².